The Kier molecular flexibility index (Phi) is 4.15. The Morgan fingerprint density at radius 1 is 1.00 bits per heavy atom. The van der Waals surface area contributed by atoms with Gasteiger partial charge in [-0.3, -0.25) is 0 Å². The Morgan fingerprint density at radius 2 is 1.52 bits per heavy atom. The summed E-state index contributed by atoms with van der Waals surface area (Å²) in [7, 11) is 0. The Hall–Kier alpha value is -2.12. The second-order valence-corrected chi connectivity index (χ2v) is 4.68. The summed E-state index contributed by atoms with van der Waals surface area (Å²) in [5.74, 6) is -9.91. The van der Waals surface area contributed by atoms with Crippen molar-refractivity contribution in [1.29, 1.82) is 0 Å². The van der Waals surface area contributed by atoms with E-state index < -0.39 is 34.8 Å². The highest BCUT2D eigenvalue weighted by molar-refractivity contribution is 5.47. The molecule has 21 heavy (non-hydrogen) atoms. The van der Waals surface area contributed by atoms with Gasteiger partial charge in [-0.1, -0.05) is 0 Å². The highest BCUT2D eigenvalue weighted by Crippen LogP contribution is 2.27. The SMILES string of the molecule is CC(C)n1cncc1CNc1c(F)c(F)c(F)c(F)c1F. The average Bonchev–Trinajstić information content (AvgIpc) is 2.91. The van der Waals surface area contributed by atoms with E-state index in [0.717, 1.165) is 0 Å². The summed E-state index contributed by atoms with van der Waals surface area (Å²) < 4.78 is 67.7. The number of hydrogen-bond acceptors (Lipinski definition) is 2. The molecule has 0 unspecified atom stereocenters. The van der Waals surface area contributed by atoms with Crippen molar-refractivity contribution < 1.29 is 22.0 Å². The van der Waals surface area contributed by atoms with Crippen molar-refractivity contribution in [2.24, 2.45) is 0 Å². The van der Waals surface area contributed by atoms with Crippen LogP contribution in [0.4, 0.5) is 27.6 Å². The Morgan fingerprint density at radius 3 is 2.05 bits per heavy atom. The third kappa shape index (κ3) is 2.70. The molecule has 0 radical (unpaired) electrons. The van der Waals surface area contributed by atoms with E-state index in [1.807, 2.05) is 13.8 Å². The van der Waals surface area contributed by atoms with Crippen molar-refractivity contribution in [3.63, 3.8) is 0 Å². The van der Waals surface area contributed by atoms with Gasteiger partial charge in [0, 0.05) is 12.2 Å². The van der Waals surface area contributed by atoms with E-state index in [9.17, 15) is 22.0 Å². The number of imidazole rings is 1. The maximum Gasteiger partial charge on any atom is 0.200 e. The number of rotatable bonds is 4. The lowest BCUT2D eigenvalue weighted by Crippen LogP contribution is -2.13. The van der Waals surface area contributed by atoms with Gasteiger partial charge in [0.2, 0.25) is 5.82 Å². The Bertz CT molecular complexity index is 637. The van der Waals surface area contributed by atoms with Crippen LogP contribution >= 0.6 is 0 Å². The zero-order valence-electron chi connectivity index (χ0n) is 11.2. The summed E-state index contributed by atoms with van der Waals surface area (Å²) in [6.07, 6.45) is 2.96. The van der Waals surface area contributed by atoms with E-state index in [-0.39, 0.29) is 12.6 Å². The summed E-state index contributed by atoms with van der Waals surface area (Å²) in [6, 6.07) is 0.0423. The van der Waals surface area contributed by atoms with Gasteiger partial charge in [0.1, 0.15) is 5.69 Å². The van der Waals surface area contributed by atoms with Crippen LogP contribution in [0.3, 0.4) is 0 Å². The van der Waals surface area contributed by atoms with Gasteiger partial charge in [-0.25, -0.2) is 26.9 Å². The molecule has 0 aliphatic rings. The molecule has 114 valence electrons. The van der Waals surface area contributed by atoms with Crippen molar-refractivity contribution in [1.82, 2.24) is 9.55 Å². The minimum absolute atomic E-state index is 0.0423. The standard InChI is InChI=1S/C13H12F5N3/c1-6(2)21-5-19-3-7(21)4-20-13-11(17)9(15)8(14)10(16)12(13)18/h3,5-6,20H,4H2,1-2H3. The number of aromatic nitrogens is 2. The fourth-order valence-corrected chi connectivity index (χ4v) is 1.87. The molecule has 3 nitrogen and oxygen atoms in total. The van der Waals surface area contributed by atoms with Crippen molar-refractivity contribution >= 4 is 5.69 Å². The topological polar surface area (TPSA) is 29.9 Å². The summed E-state index contributed by atoms with van der Waals surface area (Å²) in [4.78, 5) is 3.88. The van der Waals surface area contributed by atoms with E-state index >= 15 is 0 Å². The summed E-state index contributed by atoms with van der Waals surface area (Å²) in [5, 5.41) is 2.23. The average molecular weight is 305 g/mol. The van der Waals surface area contributed by atoms with Gasteiger partial charge in [0.25, 0.3) is 0 Å². The Balaban J connectivity index is 2.31. The molecule has 0 amide bonds. The first-order valence-electron chi connectivity index (χ1n) is 6.10. The predicted molar refractivity (Wildman–Crippen MR) is 66.2 cm³/mol. The highest BCUT2D eigenvalue weighted by atomic mass is 19.2. The predicted octanol–water partition coefficient (Wildman–Crippen LogP) is 3.77. The second-order valence-electron chi connectivity index (χ2n) is 4.68. The molecule has 0 bridgehead atoms. The van der Waals surface area contributed by atoms with Crippen molar-refractivity contribution in [3.05, 3.63) is 47.3 Å². The van der Waals surface area contributed by atoms with Gasteiger partial charge in [-0.05, 0) is 13.8 Å². The van der Waals surface area contributed by atoms with Gasteiger partial charge in [-0.2, -0.15) is 0 Å². The van der Waals surface area contributed by atoms with Gasteiger partial charge in [-0.15, -0.1) is 0 Å². The summed E-state index contributed by atoms with van der Waals surface area (Å²) >= 11 is 0. The Labute approximate surface area is 117 Å². The summed E-state index contributed by atoms with van der Waals surface area (Å²) in [6.45, 7) is 3.60. The van der Waals surface area contributed by atoms with Crippen LogP contribution in [-0.2, 0) is 6.54 Å². The lowest BCUT2D eigenvalue weighted by atomic mass is 10.2. The van der Waals surface area contributed by atoms with Crippen molar-refractivity contribution in [2.75, 3.05) is 5.32 Å². The van der Waals surface area contributed by atoms with E-state index in [1.165, 1.54) is 12.5 Å². The molecule has 1 aromatic carbocycles. The highest BCUT2D eigenvalue weighted by Gasteiger charge is 2.25. The van der Waals surface area contributed by atoms with Crippen molar-refractivity contribution in [3.8, 4) is 0 Å². The molecule has 0 aliphatic carbocycles. The third-order valence-corrected chi connectivity index (χ3v) is 2.96. The molecule has 0 aliphatic heterocycles. The summed E-state index contributed by atoms with van der Waals surface area (Å²) in [5.41, 5.74) is -0.503. The molecular weight excluding hydrogens is 293 g/mol. The quantitative estimate of drug-likeness (QED) is 0.529. The maximum atomic E-state index is 13.5. The molecule has 1 aromatic heterocycles. The molecule has 1 N–H and O–H groups in total. The number of halogens is 5. The zero-order valence-corrected chi connectivity index (χ0v) is 11.2. The van der Waals surface area contributed by atoms with E-state index in [0.29, 0.717) is 5.69 Å². The van der Waals surface area contributed by atoms with E-state index in [4.69, 9.17) is 0 Å². The molecule has 8 heteroatoms. The largest absolute Gasteiger partial charge is 0.374 e. The van der Waals surface area contributed by atoms with Gasteiger partial charge in [0.15, 0.2) is 23.3 Å². The number of nitrogens with zero attached hydrogens (tertiary/aromatic N) is 2. The first-order chi connectivity index (χ1) is 9.84. The van der Waals surface area contributed by atoms with Crippen LogP contribution in [0.15, 0.2) is 12.5 Å². The van der Waals surface area contributed by atoms with Crippen LogP contribution in [0.5, 0.6) is 0 Å². The molecule has 0 saturated heterocycles. The molecule has 2 rings (SSSR count). The third-order valence-electron chi connectivity index (χ3n) is 2.96. The van der Waals surface area contributed by atoms with Crippen LogP contribution in [0.25, 0.3) is 0 Å². The maximum absolute atomic E-state index is 13.5. The molecule has 0 spiro atoms. The number of benzene rings is 1. The smallest absolute Gasteiger partial charge is 0.200 e. The van der Waals surface area contributed by atoms with Crippen LogP contribution in [0.2, 0.25) is 0 Å². The molecule has 1 heterocycles. The number of anilines is 1. The number of hydrogen-bond donors (Lipinski definition) is 1. The molecule has 0 saturated carbocycles. The first kappa shape index (κ1) is 15.3. The van der Waals surface area contributed by atoms with E-state index in [2.05, 4.69) is 10.3 Å². The van der Waals surface area contributed by atoms with Crippen LogP contribution < -0.4 is 5.32 Å². The zero-order chi connectivity index (χ0) is 15.7. The fourth-order valence-electron chi connectivity index (χ4n) is 1.87. The van der Waals surface area contributed by atoms with Crippen LogP contribution in [0, 0.1) is 29.1 Å². The molecular formula is C13H12F5N3. The van der Waals surface area contributed by atoms with Crippen LogP contribution in [-0.4, -0.2) is 9.55 Å². The minimum Gasteiger partial charge on any atom is -0.374 e. The fraction of sp³-hybridized carbons (Fsp3) is 0.308. The van der Waals surface area contributed by atoms with Gasteiger partial charge < -0.3 is 9.88 Å². The van der Waals surface area contributed by atoms with Crippen molar-refractivity contribution in [2.45, 2.75) is 26.4 Å². The van der Waals surface area contributed by atoms with Crippen LogP contribution in [0.1, 0.15) is 25.6 Å². The first-order valence-corrected chi connectivity index (χ1v) is 6.10. The van der Waals surface area contributed by atoms with Gasteiger partial charge >= 0.3 is 0 Å². The molecule has 0 atom stereocenters. The van der Waals surface area contributed by atoms with Gasteiger partial charge in [0.05, 0.1) is 18.6 Å². The molecule has 0 fully saturated rings. The monoisotopic (exact) mass is 305 g/mol. The number of nitrogens with one attached hydrogen (secondary N) is 1. The minimum atomic E-state index is -2.18. The molecule has 2 aromatic rings. The lowest BCUT2D eigenvalue weighted by molar-refractivity contribution is 0.381. The second kappa shape index (κ2) is 5.71. The normalized spacial score (nSPS) is 11.2. The van der Waals surface area contributed by atoms with E-state index in [1.54, 1.807) is 4.57 Å². The lowest BCUT2D eigenvalue weighted by Gasteiger charge is -2.14.